The van der Waals surface area contributed by atoms with Gasteiger partial charge in [-0.1, -0.05) is 129 Å². The molecule has 1 atom stereocenters. The first-order valence-electron chi connectivity index (χ1n) is 16.7. The minimum absolute atomic E-state index is 0.0559. The van der Waals surface area contributed by atoms with E-state index in [4.69, 9.17) is 9.47 Å². The average molecular weight is 570 g/mol. The van der Waals surface area contributed by atoms with Gasteiger partial charge in [-0.2, -0.15) is 0 Å². The van der Waals surface area contributed by atoms with E-state index in [1.165, 1.54) is 96.3 Å². The number of rotatable bonds is 30. The van der Waals surface area contributed by atoms with Crippen LogP contribution in [0.2, 0.25) is 0 Å². The van der Waals surface area contributed by atoms with Crippen molar-refractivity contribution >= 4 is 17.8 Å². The number of aliphatic hydroxyl groups is 1. The lowest BCUT2D eigenvalue weighted by atomic mass is 10.0. The van der Waals surface area contributed by atoms with Crippen LogP contribution in [0, 0.1) is 0 Å². The van der Waals surface area contributed by atoms with E-state index in [1.54, 1.807) is 6.92 Å². The molecule has 0 aromatic rings. The summed E-state index contributed by atoms with van der Waals surface area (Å²) in [6, 6.07) is 0. The maximum atomic E-state index is 12.0. The molecule has 0 aromatic heterocycles. The second-order valence-corrected chi connectivity index (χ2v) is 11.4. The summed E-state index contributed by atoms with van der Waals surface area (Å²) >= 11 is 0. The second kappa shape index (κ2) is 30.3. The van der Waals surface area contributed by atoms with E-state index < -0.39 is 6.10 Å². The van der Waals surface area contributed by atoms with Crippen LogP contribution in [-0.4, -0.2) is 48.8 Å². The molecule has 0 radical (unpaired) electrons. The van der Waals surface area contributed by atoms with Gasteiger partial charge in [-0.25, -0.2) is 0 Å². The van der Waals surface area contributed by atoms with Crippen LogP contribution >= 0.6 is 0 Å². The Labute approximate surface area is 245 Å². The van der Waals surface area contributed by atoms with Crippen molar-refractivity contribution in [2.75, 3.05) is 19.8 Å². The second-order valence-electron chi connectivity index (χ2n) is 11.4. The Balaban J connectivity index is 3.52. The molecule has 0 fully saturated rings. The van der Waals surface area contributed by atoms with E-state index in [1.807, 2.05) is 0 Å². The fraction of sp³-hybridized carbons (Fsp3) is 0.909. The minimum Gasteiger partial charge on any atom is -0.462 e. The van der Waals surface area contributed by atoms with Crippen LogP contribution in [0.5, 0.6) is 0 Å². The molecule has 236 valence electrons. The quantitative estimate of drug-likeness (QED) is 0.0672. The van der Waals surface area contributed by atoms with Crippen LogP contribution < -0.4 is 5.32 Å². The molecule has 0 aromatic carbocycles. The lowest BCUT2D eigenvalue weighted by molar-refractivity contribution is -0.161. The van der Waals surface area contributed by atoms with Crippen LogP contribution in [0.3, 0.4) is 0 Å². The number of ether oxygens (including phenoxy) is 2. The monoisotopic (exact) mass is 569 g/mol. The Kier molecular flexibility index (Phi) is 29.1. The largest absolute Gasteiger partial charge is 0.462 e. The molecule has 0 aliphatic rings. The summed E-state index contributed by atoms with van der Waals surface area (Å²) in [5, 5.41) is 12.3. The standard InChI is InChI=1S/C33H63NO6/c1-3-4-5-6-7-8-13-17-20-23-26-33(38)40-31(28-35)29-39-32(37)25-22-19-16-14-11-9-10-12-15-18-21-24-27-34-30(2)36/h31,35H,3-29H2,1-2H3,(H,34,36)/t31-/m0/s1. The SMILES string of the molecule is CCCCCCCCCCCCC(=O)O[C@@H](CO)COC(=O)CCCCCCCCCCCCCCNC(C)=O. The van der Waals surface area contributed by atoms with Gasteiger partial charge >= 0.3 is 11.9 Å². The van der Waals surface area contributed by atoms with Crippen molar-refractivity contribution in [3.05, 3.63) is 0 Å². The van der Waals surface area contributed by atoms with Gasteiger partial charge in [0.05, 0.1) is 6.61 Å². The van der Waals surface area contributed by atoms with E-state index in [0.29, 0.717) is 12.8 Å². The number of hydrogen-bond donors (Lipinski definition) is 2. The highest BCUT2D eigenvalue weighted by molar-refractivity contribution is 5.72. The highest BCUT2D eigenvalue weighted by Gasteiger charge is 2.16. The first kappa shape index (κ1) is 38.4. The smallest absolute Gasteiger partial charge is 0.306 e. The lowest BCUT2D eigenvalue weighted by Gasteiger charge is -2.15. The fourth-order valence-electron chi connectivity index (χ4n) is 4.81. The molecule has 0 saturated heterocycles. The Hall–Kier alpha value is -1.63. The summed E-state index contributed by atoms with van der Waals surface area (Å²) in [6.45, 7) is 4.18. The van der Waals surface area contributed by atoms with Crippen LogP contribution in [0.15, 0.2) is 0 Å². The Bertz CT molecular complexity index is 597. The van der Waals surface area contributed by atoms with Gasteiger partial charge in [0, 0.05) is 26.3 Å². The molecule has 40 heavy (non-hydrogen) atoms. The van der Waals surface area contributed by atoms with E-state index in [-0.39, 0.29) is 31.1 Å². The summed E-state index contributed by atoms with van der Waals surface area (Å²) in [4.78, 5) is 34.8. The van der Waals surface area contributed by atoms with Gasteiger partial charge in [0.2, 0.25) is 5.91 Å². The van der Waals surface area contributed by atoms with E-state index in [0.717, 1.165) is 51.5 Å². The number of esters is 2. The zero-order valence-electron chi connectivity index (χ0n) is 26.2. The maximum absolute atomic E-state index is 12.0. The molecule has 0 saturated carbocycles. The van der Waals surface area contributed by atoms with Crippen LogP contribution in [0.1, 0.15) is 168 Å². The lowest BCUT2D eigenvalue weighted by Crippen LogP contribution is -2.28. The third kappa shape index (κ3) is 29.4. The highest BCUT2D eigenvalue weighted by atomic mass is 16.6. The van der Waals surface area contributed by atoms with Gasteiger partial charge in [0.15, 0.2) is 6.10 Å². The zero-order chi connectivity index (χ0) is 29.5. The van der Waals surface area contributed by atoms with Crippen LogP contribution in [-0.2, 0) is 23.9 Å². The summed E-state index contributed by atoms with van der Waals surface area (Å²) in [5.74, 6) is -0.560. The summed E-state index contributed by atoms with van der Waals surface area (Å²) in [7, 11) is 0. The molecule has 0 aliphatic carbocycles. The summed E-state index contributed by atoms with van der Waals surface area (Å²) < 4.78 is 10.5. The molecule has 0 spiro atoms. The number of aliphatic hydroxyl groups excluding tert-OH is 1. The molecule has 0 rings (SSSR count). The molecule has 7 heteroatoms. The Morgan fingerprint density at radius 1 is 0.600 bits per heavy atom. The number of carbonyl (C=O) groups is 3. The van der Waals surface area contributed by atoms with E-state index in [2.05, 4.69) is 12.2 Å². The van der Waals surface area contributed by atoms with Gasteiger partial charge in [-0.05, 0) is 19.3 Å². The third-order valence-electron chi connectivity index (χ3n) is 7.35. The summed E-state index contributed by atoms with van der Waals surface area (Å²) in [6.07, 6.45) is 26.0. The van der Waals surface area contributed by atoms with Gasteiger partial charge in [0.25, 0.3) is 0 Å². The van der Waals surface area contributed by atoms with Crippen LogP contribution in [0.25, 0.3) is 0 Å². The van der Waals surface area contributed by atoms with Crippen molar-refractivity contribution in [3.8, 4) is 0 Å². The molecule has 7 nitrogen and oxygen atoms in total. The normalized spacial score (nSPS) is 11.8. The number of hydrogen-bond acceptors (Lipinski definition) is 6. The molecule has 0 heterocycles. The van der Waals surface area contributed by atoms with Crippen molar-refractivity contribution in [2.45, 2.75) is 174 Å². The molecule has 2 N–H and O–H groups in total. The fourth-order valence-corrected chi connectivity index (χ4v) is 4.81. The molecule has 0 aliphatic heterocycles. The van der Waals surface area contributed by atoms with Crippen molar-refractivity contribution in [3.63, 3.8) is 0 Å². The topological polar surface area (TPSA) is 102 Å². The van der Waals surface area contributed by atoms with E-state index >= 15 is 0 Å². The predicted molar refractivity (Wildman–Crippen MR) is 163 cm³/mol. The first-order valence-corrected chi connectivity index (χ1v) is 16.7. The number of unbranched alkanes of at least 4 members (excludes halogenated alkanes) is 20. The molecule has 1 amide bonds. The molecule has 0 bridgehead atoms. The van der Waals surface area contributed by atoms with Gasteiger partial charge in [0.1, 0.15) is 6.61 Å². The highest BCUT2D eigenvalue weighted by Crippen LogP contribution is 2.14. The molecule has 0 unspecified atom stereocenters. The number of carbonyl (C=O) groups excluding carboxylic acids is 3. The van der Waals surface area contributed by atoms with Gasteiger partial charge in [-0.3, -0.25) is 14.4 Å². The van der Waals surface area contributed by atoms with Gasteiger partial charge < -0.3 is 19.9 Å². The minimum atomic E-state index is -0.775. The van der Waals surface area contributed by atoms with Crippen LogP contribution in [0.4, 0.5) is 0 Å². The predicted octanol–water partition coefficient (Wildman–Crippen LogP) is 7.95. The Morgan fingerprint density at radius 2 is 1.00 bits per heavy atom. The van der Waals surface area contributed by atoms with Gasteiger partial charge in [-0.15, -0.1) is 0 Å². The number of amides is 1. The average Bonchev–Trinajstić information content (AvgIpc) is 2.93. The third-order valence-corrected chi connectivity index (χ3v) is 7.35. The molecular formula is C33H63NO6. The number of nitrogens with one attached hydrogen (secondary N) is 1. The summed E-state index contributed by atoms with van der Waals surface area (Å²) in [5.41, 5.74) is 0. The van der Waals surface area contributed by atoms with E-state index in [9.17, 15) is 19.5 Å². The molecular weight excluding hydrogens is 506 g/mol. The Morgan fingerprint density at radius 3 is 1.43 bits per heavy atom. The zero-order valence-corrected chi connectivity index (χ0v) is 26.2. The first-order chi connectivity index (χ1) is 19.5. The van der Waals surface area contributed by atoms with Crippen molar-refractivity contribution in [1.82, 2.24) is 5.32 Å². The van der Waals surface area contributed by atoms with Crippen molar-refractivity contribution in [1.29, 1.82) is 0 Å². The van der Waals surface area contributed by atoms with Crippen molar-refractivity contribution in [2.24, 2.45) is 0 Å². The maximum Gasteiger partial charge on any atom is 0.306 e. The van der Waals surface area contributed by atoms with Crippen molar-refractivity contribution < 1.29 is 29.0 Å².